The lowest BCUT2D eigenvalue weighted by atomic mass is 9.58. The Morgan fingerprint density at radius 1 is 1.08 bits per heavy atom. The molecule has 0 amide bonds. The number of rotatable bonds is 2. The zero-order valence-corrected chi connectivity index (χ0v) is 21.2. The van der Waals surface area contributed by atoms with Crippen LogP contribution >= 0.6 is 0 Å². The number of fused-ring (bicyclic) bond motifs is 2. The summed E-state index contributed by atoms with van der Waals surface area (Å²) in [6.45, 7) is 4.31. The minimum atomic E-state index is -0.509. The second-order valence-electron chi connectivity index (χ2n) is 12.8. The summed E-state index contributed by atoms with van der Waals surface area (Å²) in [5.41, 5.74) is 9.69. The molecule has 2 saturated carbocycles. The van der Waals surface area contributed by atoms with E-state index in [2.05, 4.69) is 53.2 Å². The van der Waals surface area contributed by atoms with Gasteiger partial charge in [-0.05, 0) is 96.4 Å². The average molecular weight is 484 g/mol. The number of aliphatic hydroxyl groups is 1. The van der Waals surface area contributed by atoms with Crippen molar-refractivity contribution in [1.29, 1.82) is 0 Å². The van der Waals surface area contributed by atoms with Crippen LogP contribution in [-0.4, -0.2) is 57.5 Å². The number of benzene rings is 1. The van der Waals surface area contributed by atoms with Gasteiger partial charge in [0.15, 0.2) is 0 Å². The van der Waals surface area contributed by atoms with Crippen molar-refractivity contribution in [2.24, 2.45) is 17.1 Å². The first-order valence-electron chi connectivity index (χ1n) is 14.1. The van der Waals surface area contributed by atoms with Gasteiger partial charge in [-0.3, -0.25) is 9.88 Å². The van der Waals surface area contributed by atoms with Gasteiger partial charge in [-0.15, -0.1) is 0 Å². The third-order valence-corrected chi connectivity index (χ3v) is 11.3. The SMILES string of the molecule is C[C@]12CC=C3C=C4CC[C@@H](N5CC(N)C5)[C@@H](O)[C@]45CCC3(O5)[C@@H]1CC[C@@H]2c1ccc2ccncc2c1. The summed E-state index contributed by atoms with van der Waals surface area (Å²) in [5, 5.41) is 14.3. The fourth-order valence-electron chi connectivity index (χ4n) is 9.48. The Kier molecular flexibility index (Phi) is 4.45. The van der Waals surface area contributed by atoms with Crippen LogP contribution in [0.15, 0.2) is 60.0 Å². The molecule has 3 N–H and O–H groups in total. The van der Waals surface area contributed by atoms with Gasteiger partial charge in [-0.1, -0.05) is 31.2 Å². The van der Waals surface area contributed by atoms with E-state index in [0.29, 0.717) is 11.8 Å². The lowest BCUT2D eigenvalue weighted by Crippen LogP contribution is -2.68. The summed E-state index contributed by atoms with van der Waals surface area (Å²) in [4.78, 5) is 6.77. The fourth-order valence-corrected chi connectivity index (χ4v) is 9.48. The first-order chi connectivity index (χ1) is 17.4. The summed E-state index contributed by atoms with van der Waals surface area (Å²) in [7, 11) is 0. The Labute approximate surface area is 213 Å². The number of ether oxygens (including phenoxy) is 1. The highest BCUT2D eigenvalue weighted by molar-refractivity contribution is 5.82. The molecule has 1 aromatic carbocycles. The number of nitrogens with two attached hydrogens (primary N) is 1. The van der Waals surface area contributed by atoms with Crippen molar-refractivity contribution in [3.63, 3.8) is 0 Å². The van der Waals surface area contributed by atoms with E-state index in [1.54, 1.807) is 0 Å². The highest BCUT2D eigenvalue weighted by atomic mass is 16.5. The van der Waals surface area contributed by atoms with Crippen molar-refractivity contribution in [2.75, 3.05) is 13.1 Å². The Bertz CT molecular complexity index is 1310. The van der Waals surface area contributed by atoms with Gasteiger partial charge in [-0.2, -0.15) is 0 Å². The second kappa shape index (κ2) is 7.28. The van der Waals surface area contributed by atoms with Crippen LogP contribution < -0.4 is 5.73 Å². The molecule has 1 aromatic heterocycles. The summed E-state index contributed by atoms with van der Waals surface area (Å²) in [6, 6.07) is 9.51. The Hall–Kier alpha value is -2.05. The monoisotopic (exact) mass is 483 g/mol. The van der Waals surface area contributed by atoms with Crippen LogP contribution in [-0.2, 0) is 4.74 Å². The molecular weight excluding hydrogens is 446 g/mol. The van der Waals surface area contributed by atoms with Gasteiger partial charge in [0.1, 0.15) is 11.7 Å². The van der Waals surface area contributed by atoms with E-state index in [1.807, 2.05) is 12.4 Å². The van der Waals surface area contributed by atoms with Crippen molar-refractivity contribution in [2.45, 2.75) is 87.2 Å². The maximum Gasteiger partial charge on any atom is 0.118 e. The molecule has 0 radical (unpaired) electrons. The second-order valence-corrected chi connectivity index (χ2v) is 12.8. The minimum Gasteiger partial charge on any atom is -0.388 e. The number of hydrogen-bond donors (Lipinski definition) is 2. The third kappa shape index (κ3) is 2.68. The third-order valence-electron chi connectivity index (χ3n) is 11.3. The molecule has 5 heteroatoms. The minimum absolute atomic E-state index is 0.152. The van der Waals surface area contributed by atoms with Crippen LogP contribution in [0.1, 0.15) is 63.4 Å². The first kappa shape index (κ1) is 22.0. The molecule has 4 heterocycles. The molecule has 4 fully saturated rings. The fraction of sp³-hybridized carbons (Fsp3) is 0.581. The average Bonchev–Trinajstić information content (AvgIpc) is 3.39. The van der Waals surface area contributed by atoms with Gasteiger partial charge in [0.05, 0.1) is 5.60 Å². The van der Waals surface area contributed by atoms with E-state index in [-0.39, 0.29) is 23.1 Å². The highest BCUT2D eigenvalue weighted by Crippen LogP contribution is 2.69. The summed E-state index contributed by atoms with van der Waals surface area (Å²) >= 11 is 0. The smallest absolute Gasteiger partial charge is 0.118 e. The number of allylic oxidation sites excluding steroid dienone is 1. The van der Waals surface area contributed by atoms with Crippen molar-refractivity contribution in [3.05, 3.63) is 65.5 Å². The predicted molar refractivity (Wildman–Crippen MR) is 140 cm³/mol. The van der Waals surface area contributed by atoms with Gasteiger partial charge in [0.2, 0.25) is 0 Å². The van der Waals surface area contributed by atoms with Crippen molar-refractivity contribution >= 4 is 10.8 Å². The maximum atomic E-state index is 11.8. The van der Waals surface area contributed by atoms with Crippen LogP contribution in [0.2, 0.25) is 0 Å². The van der Waals surface area contributed by atoms with Crippen LogP contribution in [0, 0.1) is 11.3 Å². The highest BCUT2D eigenvalue weighted by Gasteiger charge is 2.69. The van der Waals surface area contributed by atoms with E-state index >= 15 is 0 Å². The molecule has 188 valence electrons. The van der Waals surface area contributed by atoms with Crippen molar-refractivity contribution in [3.8, 4) is 0 Å². The van der Waals surface area contributed by atoms with E-state index in [1.165, 1.54) is 40.3 Å². The largest absolute Gasteiger partial charge is 0.388 e. The molecule has 2 saturated heterocycles. The lowest BCUT2D eigenvalue weighted by molar-refractivity contribution is -0.189. The molecule has 36 heavy (non-hydrogen) atoms. The lowest BCUT2D eigenvalue weighted by Gasteiger charge is -2.57. The van der Waals surface area contributed by atoms with Gasteiger partial charge in [0.25, 0.3) is 0 Å². The normalized spacial score (nSPS) is 43.9. The van der Waals surface area contributed by atoms with Crippen molar-refractivity contribution in [1.82, 2.24) is 9.88 Å². The molecule has 3 aliphatic heterocycles. The molecule has 2 bridgehead atoms. The molecule has 1 unspecified atom stereocenters. The quantitative estimate of drug-likeness (QED) is 0.660. The first-order valence-corrected chi connectivity index (χ1v) is 14.1. The standard InChI is InChI=1S/C31H37N3O2/c1-29-10-8-23-15-22-4-6-26(34-17-24(32)18-34)28(35)31(22)12-11-30(23,36-31)27(29)7-5-25(29)20-3-2-19-9-13-33-16-21(19)14-20/h2-3,8-9,13-16,24-28,35H,4-7,10-12,17-18,32H2,1H3/t25-,26-,27-,28-,29-,30?,31+/m1/s1. The number of pyridine rings is 1. The van der Waals surface area contributed by atoms with E-state index in [4.69, 9.17) is 10.5 Å². The Balaban J connectivity index is 1.16. The van der Waals surface area contributed by atoms with Crippen molar-refractivity contribution < 1.29 is 9.84 Å². The van der Waals surface area contributed by atoms with Gasteiger partial charge >= 0.3 is 0 Å². The Morgan fingerprint density at radius 3 is 2.81 bits per heavy atom. The van der Waals surface area contributed by atoms with Gasteiger partial charge in [0, 0.05) is 43.0 Å². The van der Waals surface area contributed by atoms with Gasteiger partial charge < -0.3 is 15.6 Å². The van der Waals surface area contributed by atoms with Crippen LogP contribution in [0.3, 0.4) is 0 Å². The topological polar surface area (TPSA) is 71.6 Å². The molecule has 2 spiro atoms. The molecule has 6 aliphatic rings. The van der Waals surface area contributed by atoms with E-state index in [0.717, 1.165) is 45.2 Å². The van der Waals surface area contributed by atoms with Crippen LogP contribution in [0.25, 0.3) is 10.8 Å². The molecule has 3 aliphatic carbocycles. The number of hydrogen-bond acceptors (Lipinski definition) is 5. The van der Waals surface area contributed by atoms with Gasteiger partial charge in [-0.25, -0.2) is 0 Å². The number of aliphatic hydroxyl groups excluding tert-OH is 1. The zero-order valence-electron chi connectivity index (χ0n) is 21.2. The Morgan fingerprint density at radius 2 is 1.94 bits per heavy atom. The molecule has 5 nitrogen and oxygen atoms in total. The van der Waals surface area contributed by atoms with Crippen LogP contribution in [0.5, 0.6) is 0 Å². The summed E-state index contributed by atoms with van der Waals surface area (Å²) in [5.74, 6) is 0.984. The molecule has 7 atom stereocenters. The molecule has 8 rings (SSSR count). The number of nitrogens with zero attached hydrogens (tertiary/aromatic N) is 2. The zero-order chi connectivity index (χ0) is 24.3. The van der Waals surface area contributed by atoms with E-state index in [9.17, 15) is 5.11 Å². The van der Waals surface area contributed by atoms with Crippen LogP contribution in [0.4, 0.5) is 0 Å². The number of likely N-dealkylation sites (tertiary alicyclic amines) is 1. The maximum absolute atomic E-state index is 11.8. The molecular formula is C31H37N3O2. The summed E-state index contributed by atoms with van der Waals surface area (Å²) < 4.78 is 7.35. The summed E-state index contributed by atoms with van der Waals surface area (Å²) in [6.07, 6.45) is 15.8. The number of aromatic nitrogens is 1. The molecule has 2 aromatic rings. The predicted octanol–water partition coefficient (Wildman–Crippen LogP) is 4.46. The van der Waals surface area contributed by atoms with E-state index < -0.39 is 11.7 Å².